The highest BCUT2D eigenvalue weighted by Gasteiger charge is 1.93. The van der Waals surface area contributed by atoms with E-state index in [0.29, 0.717) is 0 Å². The van der Waals surface area contributed by atoms with Crippen molar-refractivity contribution in [2.75, 3.05) is 13.2 Å². The first-order chi connectivity index (χ1) is 7.93. The van der Waals surface area contributed by atoms with Crippen LogP contribution in [0.15, 0.2) is 24.4 Å². The Hall–Kier alpha value is -0.890. The minimum absolute atomic E-state index is 0.796. The second-order valence-electron chi connectivity index (χ2n) is 4.10. The number of pyridine rings is 1. The number of nitrogens with zero attached hydrogens (tertiary/aromatic N) is 1. The summed E-state index contributed by atoms with van der Waals surface area (Å²) in [7, 11) is 0. The van der Waals surface area contributed by atoms with E-state index in [1.54, 1.807) is 0 Å². The molecule has 2 nitrogen and oxygen atoms in total. The first-order valence-electron chi connectivity index (χ1n) is 6.41. The third-order valence-corrected chi connectivity index (χ3v) is 2.62. The molecule has 0 aromatic carbocycles. The van der Waals surface area contributed by atoms with Gasteiger partial charge in [-0.1, -0.05) is 38.7 Å². The van der Waals surface area contributed by atoms with E-state index < -0.39 is 0 Å². The molecule has 1 aromatic heterocycles. The number of unbranched alkanes of at least 4 members (excludes halogenated alkanes) is 4. The van der Waals surface area contributed by atoms with Crippen molar-refractivity contribution in [2.45, 2.75) is 45.4 Å². The molecule has 1 heterocycles. The van der Waals surface area contributed by atoms with Crippen LogP contribution in [0, 0.1) is 0 Å². The van der Waals surface area contributed by atoms with Crippen molar-refractivity contribution in [1.29, 1.82) is 0 Å². The van der Waals surface area contributed by atoms with Crippen LogP contribution in [-0.2, 0) is 11.2 Å². The summed E-state index contributed by atoms with van der Waals surface area (Å²) in [6.07, 6.45) is 9.27. The predicted octanol–water partition coefficient (Wildman–Crippen LogP) is 3.61. The normalized spacial score (nSPS) is 10.6. The first kappa shape index (κ1) is 13.2. The van der Waals surface area contributed by atoms with Crippen LogP contribution < -0.4 is 0 Å². The number of hydrogen-bond acceptors (Lipinski definition) is 2. The number of hydrogen-bond donors (Lipinski definition) is 0. The minimum atomic E-state index is 0.796. The summed E-state index contributed by atoms with van der Waals surface area (Å²) < 4.78 is 5.58. The molecule has 0 unspecified atom stereocenters. The third kappa shape index (κ3) is 6.57. The lowest BCUT2D eigenvalue weighted by atomic mass is 10.2. The molecule has 0 aliphatic rings. The molecular formula is C14H23NO. The second-order valence-corrected chi connectivity index (χ2v) is 4.10. The van der Waals surface area contributed by atoms with E-state index in [9.17, 15) is 0 Å². The molecule has 0 saturated carbocycles. The van der Waals surface area contributed by atoms with E-state index in [-0.39, 0.29) is 0 Å². The van der Waals surface area contributed by atoms with Crippen molar-refractivity contribution < 1.29 is 4.74 Å². The minimum Gasteiger partial charge on any atom is -0.381 e. The van der Waals surface area contributed by atoms with Crippen LogP contribution in [0.3, 0.4) is 0 Å². The standard InChI is InChI=1S/C14H23NO/c1-2-3-4-5-8-12-16-13-10-14-9-6-7-11-15-14/h6-7,9,11H,2-5,8,10,12-13H2,1H3. The van der Waals surface area contributed by atoms with Gasteiger partial charge in [-0.05, 0) is 18.6 Å². The van der Waals surface area contributed by atoms with Crippen LogP contribution in [0.1, 0.15) is 44.7 Å². The molecule has 16 heavy (non-hydrogen) atoms. The van der Waals surface area contributed by atoms with Crippen LogP contribution in [0.5, 0.6) is 0 Å². The summed E-state index contributed by atoms with van der Waals surface area (Å²) in [4.78, 5) is 4.26. The molecule has 0 saturated heterocycles. The fourth-order valence-corrected chi connectivity index (χ4v) is 1.63. The Morgan fingerprint density at radius 2 is 1.94 bits per heavy atom. The topological polar surface area (TPSA) is 22.1 Å². The van der Waals surface area contributed by atoms with Gasteiger partial charge in [-0.2, -0.15) is 0 Å². The summed E-state index contributed by atoms with van der Waals surface area (Å²) in [5.74, 6) is 0. The Labute approximate surface area is 99.0 Å². The maximum Gasteiger partial charge on any atom is 0.0521 e. The van der Waals surface area contributed by atoms with Gasteiger partial charge in [-0.25, -0.2) is 0 Å². The molecule has 1 rings (SSSR count). The monoisotopic (exact) mass is 221 g/mol. The highest BCUT2D eigenvalue weighted by atomic mass is 16.5. The van der Waals surface area contributed by atoms with Crippen molar-refractivity contribution >= 4 is 0 Å². The quantitative estimate of drug-likeness (QED) is 0.594. The van der Waals surface area contributed by atoms with Crippen LogP contribution in [0.4, 0.5) is 0 Å². The van der Waals surface area contributed by atoms with Crippen LogP contribution in [0.25, 0.3) is 0 Å². The summed E-state index contributed by atoms with van der Waals surface area (Å²) in [5.41, 5.74) is 1.12. The lowest BCUT2D eigenvalue weighted by Gasteiger charge is -2.03. The Bertz CT molecular complexity index is 248. The molecule has 0 spiro atoms. The molecule has 0 aliphatic carbocycles. The van der Waals surface area contributed by atoms with E-state index >= 15 is 0 Å². The van der Waals surface area contributed by atoms with Crippen molar-refractivity contribution in [3.05, 3.63) is 30.1 Å². The van der Waals surface area contributed by atoms with Crippen molar-refractivity contribution in [1.82, 2.24) is 4.98 Å². The lowest BCUT2D eigenvalue weighted by Crippen LogP contribution is -2.01. The Morgan fingerprint density at radius 3 is 2.69 bits per heavy atom. The third-order valence-electron chi connectivity index (χ3n) is 2.62. The van der Waals surface area contributed by atoms with E-state index in [0.717, 1.165) is 25.3 Å². The maximum atomic E-state index is 5.58. The van der Waals surface area contributed by atoms with E-state index in [1.807, 2.05) is 24.4 Å². The summed E-state index contributed by atoms with van der Waals surface area (Å²) >= 11 is 0. The first-order valence-corrected chi connectivity index (χ1v) is 6.41. The Morgan fingerprint density at radius 1 is 1.06 bits per heavy atom. The van der Waals surface area contributed by atoms with Gasteiger partial charge in [-0.15, -0.1) is 0 Å². The average molecular weight is 221 g/mol. The smallest absolute Gasteiger partial charge is 0.0521 e. The molecule has 90 valence electrons. The number of rotatable bonds is 9. The summed E-state index contributed by atoms with van der Waals surface area (Å²) in [6, 6.07) is 6.01. The zero-order valence-electron chi connectivity index (χ0n) is 10.3. The molecule has 0 N–H and O–H groups in total. The van der Waals surface area contributed by atoms with Crippen LogP contribution in [0.2, 0.25) is 0 Å². The SMILES string of the molecule is CCCCCCCOCCc1ccccn1. The fraction of sp³-hybridized carbons (Fsp3) is 0.643. The van der Waals surface area contributed by atoms with E-state index in [2.05, 4.69) is 11.9 Å². The zero-order valence-corrected chi connectivity index (χ0v) is 10.3. The highest BCUT2D eigenvalue weighted by Crippen LogP contribution is 2.02. The van der Waals surface area contributed by atoms with Gasteiger partial charge < -0.3 is 4.74 Å². The van der Waals surface area contributed by atoms with Gasteiger partial charge in [0.1, 0.15) is 0 Å². The van der Waals surface area contributed by atoms with Gasteiger partial charge in [-0.3, -0.25) is 4.98 Å². The Kier molecular flexibility index (Phi) is 7.70. The molecular weight excluding hydrogens is 198 g/mol. The summed E-state index contributed by atoms with van der Waals surface area (Å²) in [5, 5.41) is 0. The predicted molar refractivity (Wildman–Crippen MR) is 67.5 cm³/mol. The Balaban J connectivity index is 1.89. The van der Waals surface area contributed by atoms with Gasteiger partial charge in [0, 0.05) is 24.9 Å². The van der Waals surface area contributed by atoms with Gasteiger partial charge in [0.05, 0.1) is 6.61 Å². The summed E-state index contributed by atoms with van der Waals surface area (Å²) in [6.45, 7) is 3.94. The highest BCUT2D eigenvalue weighted by molar-refractivity contribution is 5.03. The number of aromatic nitrogens is 1. The van der Waals surface area contributed by atoms with Gasteiger partial charge >= 0.3 is 0 Å². The molecule has 0 bridgehead atoms. The zero-order chi connectivity index (χ0) is 11.5. The lowest BCUT2D eigenvalue weighted by molar-refractivity contribution is 0.132. The van der Waals surface area contributed by atoms with Crippen molar-refractivity contribution in [3.8, 4) is 0 Å². The van der Waals surface area contributed by atoms with Gasteiger partial charge in [0.15, 0.2) is 0 Å². The van der Waals surface area contributed by atoms with Gasteiger partial charge in [0.25, 0.3) is 0 Å². The largest absolute Gasteiger partial charge is 0.381 e. The van der Waals surface area contributed by atoms with Crippen molar-refractivity contribution in [2.24, 2.45) is 0 Å². The molecule has 0 amide bonds. The van der Waals surface area contributed by atoms with Gasteiger partial charge in [0.2, 0.25) is 0 Å². The van der Waals surface area contributed by atoms with Crippen LogP contribution >= 0.6 is 0 Å². The maximum absolute atomic E-state index is 5.58. The van der Waals surface area contributed by atoms with E-state index in [4.69, 9.17) is 4.74 Å². The molecule has 0 fully saturated rings. The second kappa shape index (κ2) is 9.34. The van der Waals surface area contributed by atoms with E-state index in [1.165, 1.54) is 32.1 Å². The molecule has 2 heteroatoms. The average Bonchev–Trinajstić information content (AvgIpc) is 2.34. The molecule has 0 aliphatic heterocycles. The molecule has 0 radical (unpaired) electrons. The van der Waals surface area contributed by atoms with Crippen molar-refractivity contribution in [3.63, 3.8) is 0 Å². The molecule has 1 aromatic rings. The fourth-order valence-electron chi connectivity index (χ4n) is 1.63. The molecule has 0 atom stereocenters. The number of ether oxygens (including phenoxy) is 1. The van der Waals surface area contributed by atoms with Crippen LogP contribution in [-0.4, -0.2) is 18.2 Å².